The average molecular weight is 318 g/mol. The van der Waals surface area contributed by atoms with Gasteiger partial charge in [0.15, 0.2) is 0 Å². The fourth-order valence-electron chi connectivity index (χ4n) is 4.11. The molecular formula is C20H35N3. The van der Waals surface area contributed by atoms with Crippen LogP contribution in [0, 0.1) is 0 Å². The lowest BCUT2D eigenvalue weighted by Gasteiger charge is -2.55. The Morgan fingerprint density at radius 2 is 1.52 bits per heavy atom. The summed E-state index contributed by atoms with van der Waals surface area (Å²) in [6.45, 7) is 10.5. The number of piperidine rings is 1. The van der Waals surface area contributed by atoms with Gasteiger partial charge in [0.1, 0.15) is 0 Å². The highest BCUT2D eigenvalue weighted by Crippen LogP contribution is 2.39. The van der Waals surface area contributed by atoms with E-state index in [2.05, 4.69) is 94.9 Å². The highest BCUT2D eigenvalue weighted by atomic mass is 15.3. The Balaban J connectivity index is 2.17. The van der Waals surface area contributed by atoms with Crippen molar-refractivity contribution in [1.29, 1.82) is 0 Å². The van der Waals surface area contributed by atoms with Gasteiger partial charge in [0.2, 0.25) is 0 Å². The minimum Gasteiger partial charge on any atom is -0.377 e. The summed E-state index contributed by atoms with van der Waals surface area (Å²) in [5.41, 5.74) is 3.21. The van der Waals surface area contributed by atoms with Crippen molar-refractivity contribution in [3.05, 3.63) is 29.8 Å². The minimum absolute atomic E-state index is 0.238. The zero-order chi connectivity index (χ0) is 17.4. The van der Waals surface area contributed by atoms with Crippen molar-refractivity contribution in [2.45, 2.75) is 64.2 Å². The fourth-order valence-corrected chi connectivity index (χ4v) is 4.11. The molecule has 0 unspecified atom stereocenters. The number of likely N-dealkylation sites (tertiary alicyclic amines) is 1. The Hall–Kier alpha value is -1.06. The van der Waals surface area contributed by atoms with Crippen LogP contribution in [0.3, 0.4) is 0 Å². The molecule has 0 radical (unpaired) electrons. The molecule has 1 aromatic carbocycles. The molecule has 0 amide bonds. The monoisotopic (exact) mass is 317 g/mol. The summed E-state index contributed by atoms with van der Waals surface area (Å²) < 4.78 is 0. The largest absolute Gasteiger partial charge is 0.377 e. The maximum Gasteiger partial charge on any atom is 0.0406 e. The molecule has 1 fully saturated rings. The quantitative estimate of drug-likeness (QED) is 0.835. The first-order valence-electron chi connectivity index (χ1n) is 8.74. The summed E-state index contributed by atoms with van der Waals surface area (Å²) >= 11 is 0. The summed E-state index contributed by atoms with van der Waals surface area (Å²) in [4.78, 5) is 7.32. The Morgan fingerprint density at radius 1 is 1.00 bits per heavy atom. The van der Waals surface area contributed by atoms with E-state index in [9.17, 15) is 0 Å². The number of rotatable bonds is 4. The number of benzene rings is 1. The van der Waals surface area contributed by atoms with Gasteiger partial charge in [0, 0.05) is 43.4 Å². The van der Waals surface area contributed by atoms with Crippen LogP contribution in [0.25, 0.3) is 0 Å². The second-order valence-corrected chi connectivity index (χ2v) is 8.68. The fraction of sp³-hybridized carbons (Fsp3) is 0.700. The van der Waals surface area contributed by atoms with Crippen LogP contribution in [-0.2, 0) is 6.54 Å². The van der Waals surface area contributed by atoms with Gasteiger partial charge in [-0.3, -0.25) is 9.80 Å². The van der Waals surface area contributed by atoms with Gasteiger partial charge >= 0.3 is 0 Å². The van der Waals surface area contributed by atoms with Crippen molar-refractivity contribution in [2.75, 3.05) is 33.1 Å². The van der Waals surface area contributed by atoms with E-state index in [0.29, 0.717) is 6.04 Å². The summed E-state index contributed by atoms with van der Waals surface area (Å²) in [5, 5.41) is 0. The Labute approximate surface area is 143 Å². The maximum absolute atomic E-state index is 2.55. The number of hydrogen-bond acceptors (Lipinski definition) is 3. The van der Waals surface area contributed by atoms with Gasteiger partial charge < -0.3 is 4.90 Å². The number of anilines is 1. The Bertz CT molecular complexity index is 515. The van der Waals surface area contributed by atoms with Crippen LogP contribution in [-0.4, -0.2) is 55.1 Å². The van der Waals surface area contributed by atoms with E-state index in [4.69, 9.17) is 0 Å². The normalized spacial score (nSPS) is 21.6. The molecule has 130 valence electrons. The van der Waals surface area contributed by atoms with Gasteiger partial charge in [-0.2, -0.15) is 0 Å². The third-order valence-corrected chi connectivity index (χ3v) is 5.80. The summed E-state index contributed by atoms with van der Waals surface area (Å²) in [7, 11) is 8.81. The first-order valence-corrected chi connectivity index (χ1v) is 8.74. The van der Waals surface area contributed by atoms with E-state index in [1.165, 1.54) is 24.1 Å². The Morgan fingerprint density at radius 3 is 2.04 bits per heavy atom. The average Bonchev–Trinajstić information content (AvgIpc) is 2.44. The smallest absolute Gasteiger partial charge is 0.0406 e. The topological polar surface area (TPSA) is 9.72 Å². The van der Waals surface area contributed by atoms with Crippen molar-refractivity contribution in [3.63, 3.8) is 0 Å². The van der Waals surface area contributed by atoms with Crippen molar-refractivity contribution < 1.29 is 0 Å². The molecule has 0 atom stereocenters. The summed E-state index contributed by atoms with van der Waals surface area (Å²) in [5.74, 6) is 0. The molecule has 1 aromatic rings. The van der Waals surface area contributed by atoms with Crippen LogP contribution >= 0.6 is 0 Å². The SMILES string of the molecule is CN(C)c1ccccc1CN(C)C1CC(C)(C)N(C)C(C)(C)C1. The lowest BCUT2D eigenvalue weighted by Crippen LogP contribution is -2.62. The number of nitrogens with zero attached hydrogens (tertiary/aromatic N) is 3. The molecule has 3 nitrogen and oxygen atoms in total. The number of hydrogen-bond donors (Lipinski definition) is 0. The second-order valence-electron chi connectivity index (χ2n) is 8.68. The van der Waals surface area contributed by atoms with Crippen LogP contribution in [0.2, 0.25) is 0 Å². The first kappa shape index (κ1) is 18.3. The highest BCUT2D eigenvalue weighted by Gasteiger charge is 2.44. The maximum atomic E-state index is 2.55. The molecule has 1 saturated heterocycles. The Kier molecular flexibility index (Phi) is 5.12. The standard InChI is InChI=1S/C20H35N3/c1-19(2)13-17(14-20(3,4)23(19)8)22(7)15-16-11-9-10-12-18(16)21(5)6/h9-12,17H,13-15H2,1-8H3. The molecule has 0 saturated carbocycles. The van der Waals surface area contributed by atoms with Crippen molar-refractivity contribution in [2.24, 2.45) is 0 Å². The minimum atomic E-state index is 0.238. The zero-order valence-electron chi connectivity index (χ0n) is 16.3. The van der Waals surface area contributed by atoms with Crippen LogP contribution < -0.4 is 4.90 Å². The second kappa shape index (κ2) is 6.45. The summed E-state index contributed by atoms with van der Waals surface area (Å²) in [6, 6.07) is 9.37. The molecule has 2 rings (SSSR count). The van der Waals surface area contributed by atoms with Gasteiger partial charge in [0.25, 0.3) is 0 Å². The van der Waals surface area contributed by atoms with E-state index in [1.807, 2.05) is 0 Å². The lowest BCUT2D eigenvalue weighted by molar-refractivity contribution is -0.0439. The number of para-hydroxylation sites is 1. The van der Waals surface area contributed by atoms with Gasteiger partial charge in [-0.05, 0) is 66.3 Å². The molecular weight excluding hydrogens is 282 g/mol. The van der Waals surface area contributed by atoms with Gasteiger partial charge in [-0.15, -0.1) is 0 Å². The van der Waals surface area contributed by atoms with Crippen LogP contribution in [0.15, 0.2) is 24.3 Å². The molecule has 23 heavy (non-hydrogen) atoms. The molecule has 0 spiro atoms. The van der Waals surface area contributed by atoms with E-state index in [0.717, 1.165) is 6.54 Å². The highest BCUT2D eigenvalue weighted by molar-refractivity contribution is 5.52. The van der Waals surface area contributed by atoms with E-state index in [-0.39, 0.29) is 11.1 Å². The third-order valence-electron chi connectivity index (χ3n) is 5.80. The summed E-state index contributed by atoms with van der Waals surface area (Å²) in [6.07, 6.45) is 2.43. The molecule has 0 aliphatic carbocycles. The zero-order valence-corrected chi connectivity index (χ0v) is 16.3. The first-order chi connectivity index (χ1) is 10.5. The van der Waals surface area contributed by atoms with Crippen molar-refractivity contribution in [3.8, 4) is 0 Å². The molecule has 0 bridgehead atoms. The van der Waals surface area contributed by atoms with E-state index in [1.54, 1.807) is 0 Å². The predicted molar refractivity (Wildman–Crippen MR) is 101 cm³/mol. The molecule has 1 aliphatic heterocycles. The molecule has 1 aliphatic rings. The van der Waals surface area contributed by atoms with E-state index < -0.39 is 0 Å². The molecule has 0 N–H and O–H groups in total. The molecule has 1 heterocycles. The third kappa shape index (κ3) is 3.89. The van der Waals surface area contributed by atoms with Crippen LogP contribution in [0.1, 0.15) is 46.1 Å². The van der Waals surface area contributed by atoms with Crippen LogP contribution in [0.4, 0.5) is 5.69 Å². The lowest BCUT2D eigenvalue weighted by atomic mass is 9.77. The molecule has 0 aromatic heterocycles. The van der Waals surface area contributed by atoms with Gasteiger partial charge in [-0.25, -0.2) is 0 Å². The molecule has 3 heteroatoms. The van der Waals surface area contributed by atoms with Gasteiger partial charge in [0.05, 0.1) is 0 Å². The van der Waals surface area contributed by atoms with Gasteiger partial charge in [-0.1, -0.05) is 18.2 Å². The van der Waals surface area contributed by atoms with Crippen molar-refractivity contribution in [1.82, 2.24) is 9.80 Å². The van der Waals surface area contributed by atoms with Crippen molar-refractivity contribution >= 4 is 5.69 Å². The predicted octanol–water partition coefficient (Wildman–Crippen LogP) is 3.84. The van der Waals surface area contributed by atoms with E-state index >= 15 is 0 Å². The van der Waals surface area contributed by atoms with Crippen LogP contribution in [0.5, 0.6) is 0 Å².